The molecule has 1 saturated heterocycles. The molecule has 8 heteroatoms. The van der Waals surface area contributed by atoms with E-state index in [1.807, 2.05) is 0 Å². The summed E-state index contributed by atoms with van der Waals surface area (Å²) in [7, 11) is 0. The first-order valence-corrected chi connectivity index (χ1v) is 8.38. The molecule has 0 amide bonds. The van der Waals surface area contributed by atoms with Crippen molar-refractivity contribution in [1.82, 2.24) is 30.1 Å². The van der Waals surface area contributed by atoms with Crippen molar-refractivity contribution in [2.24, 2.45) is 0 Å². The number of aromatic nitrogens is 6. The van der Waals surface area contributed by atoms with Gasteiger partial charge in [0.15, 0.2) is 17.3 Å². The average Bonchev–Trinajstić information content (AvgIpc) is 3.30. The molecule has 0 saturated carbocycles. The van der Waals surface area contributed by atoms with E-state index in [4.69, 9.17) is 0 Å². The van der Waals surface area contributed by atoms with Gasteiger partial charge < -0.3 is 14.8 Å². The summed E-state index contributed by atoms with van der Waals surface area (Å²) in [6.45, 7) is 3.61. The van der Waals surface area contributed by atoms with Crippen LogP contribution in [0.5, 0.6) is 0 Å². The summed E-state index contributed by atoms with van der Waals surface area (Å²) in [5.74, 6) is 1.93. The molecule has 1 N–H and O–H groups in total. The van der Waals surface area contributed by atoms with Crippen LogP contribution in [-0.4, -0.2) is 56.3 Å². The second-order valence-corrected chi connectivity index (χ2v) is 6.30. The summed E-state index contributed by atoms with van der Waals surface area (Å²) in [6.07, 6.45) is 6.66. The lowest BCUT2D eigenvalue weighted by Gasteiger charge is -2.35. The Morgan fingerprint density at radius 3 is 2.71 bits per heavy atom. The lowest BCUT2D eigenvalue weighted by molar-refractivity contribution is 0.638. The first-order chi connectivity index (χ1) is 11.9. The zero-order chi connectivity index (χ0) is 15.9. The largest absolute Gasteiger partial charge is 0.352 e. The minimum atomic E-state index is 0.715. The number of imidazole rings is 1. The maximum Gasteiger partial charge on any atom is 0.182 e. The zero-order valence-electron chi connectivity index (χ0n) is 13.3. The zero-order valence-corrected chi connectivity index (χ0v) is 13.3. The van der Waals surface area contributed by atoms with Crippen LogP contribution in [0.4, 0.5) is 11.6 Å². The predicted molar refractivity (Wildman–Crippen MR) is 90.2 cm³/mol. The van der Waals surface area contributed by atoms with Crippen molar-refractivity contribution in [2.45, 2.75) is 19.3 Å². The smallest absolute Gasteiger partial charge is 0.182 e. The SMILES string of the molecule is c1nc(N2CCN(c3cc4c(nn3)CCC4)CC2)c2[nH]cnc2n1. The number of nitrogens with one attached hydrogen (secondary N) is 1. The number of hydrogen-bond donors (Lipinski definition) is 1. The molecule has 1 aliphatic heterocycles. The van der Waals surface area contributed by atoms with Gasteiger partial charge >= 0.3 is 0 Å². The van der Waals surface area contributed by atoms with Crippen molar-refractivity contribution in [1.29, 1.82) is 0 Å². The van der Waals surface area contributed by atoms with E-state index >= 15 is 0 Å². The van der Waals surface area contributed by atoms with Crippen LogP contribution in [0, 0.1) is 0 Å². The molecule has 3 aromatic heterocycles. The first kappa shape index (κ1) is 13.6. The van der Waals surface area contributed by atoms with Crippen LogP contribution in [0.2, 0.25) is 0 Å². The fourth-order valence-corrected chi connectivity index (χ4v) is 3.61. The maximum absolute atomic E-state index is 4.44. The number of hydrogen-bond acceptors (Lipinski definition) is 7. The summed E-state index contributed by atoms with van der Waals surface area (Å²) in [5.41, 5.74) is 4.17. The third-order valence-electron chi connectivity index (χ3n) is 4.91. The normalized spacial score (nSPS) is 17.5. The molecular weight excluding hydrogens is 304 g/mol. The Hall–Kier alpha value is -2.77. The van der Waals surface area contributed by atoms with Crippen molar-refractivity contribution >= 4 is 22.8 Å². The highest BCUT2D eigenvalue weighted by Crippen LogP contribution is 2.25. The molecule has 122 valence electrons. The molecule has 8 nitrogen and oxygen atoms in total. The van der Waals surface area contributed by atoms with Gasteiger partial charge in [0.1, 0.15) is 11.8 Å². The monoisotopic (exact) mass is 322 g/mol. The van der Waals surface area contributed by atoms with Crippen LogP contribution >= 0.6 is 0 Å². The quantitative estimate of drug-likeness (QED) is 0.752. The third kappa shape index (κ3) is 2.17. The van der Waals surface area contributed by atoms with E-state index < -0.39 is 0 Å². The van der Waals surface area contributed by atoms with E-state index in [0.717, 1.165) is 56.2 Å². The van der Waals surface area contributed by atoms with Gasteiger partial charge in [0.2, 0.25) is 0 Å². The van der Waals surface area contributed by atoms with Crippen LogP contribution in [0.1, 0.15) is 17.7 Å². The molecule has 3 aromatic rings. The van der Waals surface area contributed by atoms with E-state index in [2.05, 4.69) is 46.0 Å². The minimum Gasteiger partial charge on any atom is -0.352 e. The van der Waals surface area contributed by atoms with Crippen LogP contribution in [0.25, 0.3) is 11.2 Å². The Morgan fingerprint density at radius 1 is 0.917 bits per heavy atom. The van der Waals surface area contributed by atoms with Gasteiger partial charge in [-0.3, -0.25) is 0 Å². The maximum atomic E-state index is 4.44. The van der Waals surface area contributed by atoms with E-state index in [0.29, 0.717) is 5.65 Å². The van der Waals surface area contributed by atoms with Gasteiger partial charge in [-0.1, -0.05) is 0 Å². The molecule has 4 heterocycles. The fourth-order valence-electron chi connectivity index (χ4n) is 3.61. The number of H-pyrrole nitrogens is 1. The van der Waals surface area contributed by atoms with E-state index in [1.54, 1.807) is 12.7 Å². The number of fused-ring (bicyclic) bond motifs is 2. The lowest BCUT2D eigenvalue weighted by atomic mass is 10.2. The molecule has 24 heavy (non-hydrogen) atoms. The first-order valence-electron chi connectivity index (χ1n) is 8.38. The average molecular weight is 322 g/mol. The Bertz CT molecular complexity index is 881. The van der Waals surface area contributed by atoms with Crippen molar-refractivity contribution in [2.75, 3.05) is 36.0 Å². The van der Waals surface area contributed by atoms with Crippen molar-refractivity contribution in [3.8, 4) is 0 Å². The van der Waals surface area contributed by atoms with Gasteiger partial charge in [0.25, 0.3) is 0 Å². The molecule has 0 bridgehead atoms. The predicted octanol–water partition coefficient (Wildman–Crippen LogP) is 0.958. The number of nitrogens with zero attached hydrogens (tertiary/aromatic N) is 7. The topological polar surface area (TPSA) is 86.7 Å². The molecule has 0 radical (unpaired) electrons. The molecule has 1 fully saturated rings. The third-order valence-corrected chi connectivity index (χ3v) is 4.91. The summed E-state index contributed by atoms with van der Waals surface area (Å²) < 4.78 is 0. The summed E-state index contributed by atoms with van der Waals surface area (Å²) >= 11 is 0. The number of aromatic amines is 1. The molecule has 5 rings (SSSR count). The molecule has 0 unspecified atom stereocenters. The minimum absolute atomic E-state index is 0.715. The van der Waals surface area contributed by atoms with E-state index in [9.17, 15) is 0 Å². The van der Waals surface area contributed by atoms with Gasteiger partial charge in [-0.25, -0.2) is 15.0 Å². The molecular formula is C16H18N8. The Kier molecular flexibility index (Phi) is 3.07. The Balaban J connectivity index is 1.35. The molecule has 0 spiro atoms. The van der Waals surface area contributed by atoms with E-state index in [1.165, 1.54) is 17.7 Å². The molecule has 0 atom stereocenters. The number of aryl methyl sites for hydroxylation is 2. The van der Waals surface area contributed by atoms with Crippen molar-refractivity contribution < 1.29 is 0 Å². The fraction of sp³-hybridized carbons (Fsp3) is 0.438. The summed E-state index contributed by atoms with van der Waals surface area (Å²) in [4.78, 5) is 20.6. The summed E-state index contributed by atoms with van der Waals surface area (Å²) in [6, 6.07) is 2.22. The van der Waals surface area contributed by atoms with Crippen molar-refractivity contribution in [3.63, 3.8) is 0 Å². The number of piperazine rings is 1. The van der Waals surface area contributed by atoms with Crippen LogP contribution in [-0.2, 0) is 12.8 Å². The second kappa shape index (κ2) is 5.40. The lowest BCUT2D eigenvalue weighted by Crippen LogP contribution is -2.47. The van der Waals surface area contributed by atoms with Gasteiger partial charge in [-0.05, 0) is 30.9 Å². The Labute approximate surface area is 139 Å². The van der Waals surface area contributed by atoms with Gasteiger partial charge in [-0.15, -0.1) is 5.10 Å². The highest BCUT2D eigenvalue weighted by molar-refractivity contribution is 5.82. The number of rotatable bonds is 2. The van der Waals surface area contributed by atoms with Gasteiger partial charge in [0.05, 0.1) is 12.0 Å². The van der Waals surface area contributed by atoms with Crippen LogP contribution in [0.3, 0.4) is 0 Å². The standard InChI is InChI=1S/C16H18N8/c1-2-11-8-13(22-21-12(11)3-1)23-4-6-24(7-5-23)16-14-15(18-9-17-14)19-10-20-16/h8-10H,1-7H2,(H,17,18,19,20). The molecule has 1 aliphatic carbocycles. The van der Waals surface area contributed by atoms with Gasteiger partial charge in [0, 0.05) is 26.2 Å². The van der Waals surface area contributed by atoms with E-state index in [-0.39, 0.29) is 0 Å². The van der Waals surface area contributed by atoms with Gasteiger partial charge in [-0.2, -0.15) is 5.10 Å². The second-order valence-electron chi connectivity index (χ2n) is 6.30. The Morgan fingerprint density at radius 2 is 1.79 bits per heavy atom. The van der Waals surface area contributed by atoms with Crippen LogP contribution < -0.4 is 9.80 Å². The molecule has 2 aliphatic rings. The van der Waals surface area contributed by atoms with Crippen LogP contribution in [0.15, 0.2) is 18.7 Å². The highest BCUT2D eigenvalue weighted by atomic mass is 15.3. The summed E-state index contributed by atoms with van der Waals surface area (Å²) in [5, 5.41) is 8.84. The highest BCUT2D eigenvalue weighted by Gasteiger charge is 2.23. The number of anilines is 2. The molecule has 0 aromatic carbocycles. The van der Waals surface area contributed by atoms with Crippen molar-refractivity contribution in [3.05, 3.63) is 30.0 Å².